The normalized spacial score (nSPS) is 17.9. The SMILES string of the molecule is C#CC1(c2ccccn2)CCN(C(=O)OC(C)(C)C)CC1. The van der Waals surface area contributed by atoms with Gasteiger partial charge in [-0.3, -0.25) is 4.98 Å². The van der Waals surface area contributed by atoms with Crippen LogP contribution in [0.5, 0.6) is 0 Å². The Bertz CT molecular complexity index is 532. The Hall–Kier alpha value is -2.02. The van der Waals surface area contributed by atoms with Crippen LogP contribution in [0.1, 0.15) is 39.3 Å². The van der Waals surface area contributed by atoms with Gasteiger partial charge in [0.25, 0.3) is 0 Å². The van der Waals surface area contributed by atoms with E-state index in [4.69, 9.17) is 11.2 Å². The summed E-state index contributed by atoms with van der Waals surface area (Å²) in [5, 5.41) is 0. The van der Waals surface area contributed by atoms with E-state index in [2.05, 4.69) is 10.9 Å². The van der Waals surface area contributed by atoms with Gasteiger partial charge >= 0.3 is 6.09 Å². The van der Waals surface area contributed by atoms with E-state index < -0.39 is 5.60 Å². The smallest absolute Gasteiger partial charge is 0.410 e. The van der Waals surface area contributed by atoms with Gasteiger partial charge < -0.3 is 9.64 Å². The molecule has 1 fully saturated rings. The van der Waals surface area contributed by atoms with Gasteiger partial charge in [-0.25, -0.2) is 4.79 Å². The minimum Gasteiger partial charge on any atom is -0.444 e. The Labute approximate surface area is 126 Å². The molecule has 1 aliphatic heterocycles. The number of carbonyl (C=O) groups excluding carboxylic acids is 1. The second-order valence-corrected chi connectivity index (χ2v) is 6.41. The van der Waals surface area contributed by atoms with Gasteiger partial charge in [0.1, 0.15) is 5.60 Å². The fraction of sp³-hybridized carbons (Fsp3) is 0.529. The highest BCUT2D eigenvalue weighted by Gasteiger charge is 2.38. The predicted octanol–water partition coefficient (Wildman–Crippen LogP) is 2.98. The van der Waals surface area contributed by atoms with Gasteiger partial charge in [-0.05, 0) is 45.7 Å². The molecule has 0 N–H and O–H groups in total. The lowest BCUT2D eigenvalue weighted by Crippen LogP contribution is -2.46. The molecule has 2 rings (SSSR count). The summed E-state index contributed by atoms with van der Waals surface area (Å²) in [5.74, 6) is 2.90. The van der Waals surface area contributed by atoms with Gasteiger partial charge in [-0.1, -0.05) is 12.0 Å². The van der Waals surface area contributed by atoms with Crippen LogP contribution in [0.2, 0.25) is 0 Å². The van der Waals surface area contributed by atoms with E-state index in [1.165, 1.54) is 0 Å². The molecule has 0 bridgehead atoms. The minimum atomic E-state index is -0.473. The molecule has 1 aromatic heterocycles. The van der Waals surface area contributed by atoms with Crippen molar-refractivity contribution in [1.82, 2.24) is 9.88 Å². The third kappa shape index (κ3) is 3.55. The maximum Gasteiger partial charge on any atom is 0.410 e. The largest absolute Gasteiger partial charge is 0.444 e. The van der Waals surface area contributed by atoms with Crippen LogP contribution in [0.3, 0.4) is 0 Å². The first-order chi connectivity index (χ1) is 9.86. The van der Waals surface area contributed by atoms with Gasteiger partial charge in [0.05, 0.1) is 11.1 Å². The number of piperidine rings is 1. The summed E-state index contributed by atoms with van der Waals surface area (Å²) in [7, 11) is 0. The Morgan fingerprint density at radius 2 is 2.05 bits per heavy atom. The molecule has 0 saturated carbocycles. The Morgan fingerprint density at radius 3 is 2.52 bits per heavy atom. The number of aromatic nitrogens is 1. The van der Waals surface area contributed by atoms with Crippen LogP contribution in [0, 0.1) is 12.3 Å². The topological polar surface area (TPSA) is 42.4 Å². The van der Waals surface area contributed by atoms with E-state index in [0.29, 0.717) is 25.9 Å². The lowest BCUT2D eigenvalue weighted by Gasteiger charge is -2.38. The molecular weight excluding hydrogens is 264 g/mol. The number of likely N-dealkylation sites (tertiary alicyclic amines) is 1. The van der Waals surface area contributed by atoms with E-state index in [1.807, 2.05) is 39.0 Å². The molecule has 1 aliphatic rings. The molecule has 0 spiro atoms. The quantitative estimate of drug-likeness (QED) is 0.745. The summed E-state index contributed by atoms with van der Waals surface area (Å²) in [6.45, 7) is 6.79. The van der Waals surface area contributed by atoms with Crippen molar-refractivity contribution in [2.75, 3.05) is 13.1 Å². The Balaban J connectivity index is 2.05. The first-order valence-electron chi connectivity index (χ1n) is 7.23. The van der Waals surface area contributed by atoms with Gasteiger partial charge in [0.2, 0.25) is 0 Å². The monoisotopic (exact) mass is 286 g/mol. The van der Waals surface area contributed by atoms with Crippen molar-refractivity contribution in [2.45, 2.75) is 44.6 Å². The number of carbonyl (C=O) groups is 1. The zero-order chi connectivity index (χ0) is 15.5. The van der Waals surface area contributed by atoms with E-state index in [0.717, 1.165) is 5.69 Å². The fourth-order valence-electron chi connectivity index (χ4n) is 2.52. The van der Waals surface area contributed by atoms with Crippen LogP contribution in [0.4, 0.5) is 4.79 Å². The Morgan fingerprint density at radius 1 is 1.38 bits per heavy atom. The molecule has 1 amide bonds. The summed E-state index contributed by atoms with van der Waals surface area (Å²) < 4.78 is 5.40. The predicted molar refractivity (Wildman–Crippen MR) is 81.8 cm³/mol. The lowest BCUT2D eigenvalue weighted by molar-refractivity contribution is 0.0185. The third-order valence-electron chi connectivity index (χ3n) is 3.70. The molecule has 21 heavy (non-hydrogen) atoms. The highest BCUT2D eigenvalue weighted by atomic mass is 16.6. The third-order valence-corrected chi connectivity index (χ3v) is 3.70. The zero-order valence-electron chi connectivity index (χ0n) is 12.9. The summed E-state index contributed by atoms with van der Waals surface area (Å²) in [6.07, 6.45) is 8.67. The van der Waals surface area contributed by atoms with Crippen molar-refractivity contribution < 1.29 is 9.53 Å². The van der Waals surface area contributed by atoms with Gasteiger partial charge in [0.15, 0.2) is 0 Å². The molecule has 4 nitrogen and oxygen atoms in total. The van der Waals surface area contributed by atoms with Gasteiger partial charge in [-0.2, -0.15) is 0 Å². The average molecular weight is 286 g/mol. The Kier molecular flexibility index (Phi) is 4.22. The molecule has 1 saturated heterocycles. The van der Waals surface area contributed by atoms with E-state index in [1.54, 1.807) is 11.1 Å². The number of hydrogen-bond acceptors (Lipinski definition) is 3. The number of ether oxygens (including phenoxy) is 1. The first kappa shape index (κ1) is 15.4. The van der Waals surface area contributed by atoms with Crippen LogP contribution in [0.15, 0.2) is 24.4 Å². The molecule has 112 valence electrons. The number of terminal acetylenes is 1. The lowest BCUT2D eigenvalue weighted by atomic mass is 9.76. The van der Waals surface area contributed by atoms with Crippen molar-refractivity contribution in [2.24, 2.45) is 0 Å². The van der Waals surface area contributed by atoms with Crippen LogP contribution in [0.25, 0.3) is 0 Å². The maximum absolute atomic E-state index is 12.1. The van der Waals surface area contributed by atoms with Gasteiger partial charge in [-0.15, -0.1) is 6.42 Å². The number of rotatable bonds is 1. The summed E-state index contributed by atoms with van der Waals surface area (Å²) >= 11 is 0. The zero-order valence-corrected chi connectivity index (χ0v) is 12.9. The minimum absolute atomic E-state index is 0.269. The first-order valence-corrected chi connectivity index (χ1v) is 7.23. The standard InChI is InChI=1S/C17H22N2O2/c1-5-17(14-8-6-7-11-18-14)9-12-19(13-10-17)15(20)21-16(2,3)4/h1,6-8,11H,9-10,12-13H2,2-4H3. The summed E-state index contributed by atoms with van der Waals surface area (Å²) in [5.41, 5.74) is 0.0646. The fourth-order valence-corrected chi connectivity index (χ4v) is 2.52. The van der Waals surface area contributed by atoms with E-state index in [9.17, 15) is 4.79 Å². The van der Waals surface area contributed by atoms with E-state index >= 15 is 0 Å². The molecule has 0 aromatic carbocycles. The molecule has 0 aliphatic carbocycles. The van der Waals surface area contributed by atoms with Crippen molar-refractivity contribution in [1.29, 1.82) is 0 Å². The molecule has 1 aromatic rings. The number of pyridine rings is 1. The molecule has 2 heterocycles. The number of amides is 1. The molecule has 0 radical (unpaired) electrons. The van der Waals surface area contributed by atoms with Crippen molar-refractivity contribution in [3.05, 3.63) is 30.1 Å². The second-order valence-electron chi connectivity index (χ2n) is 6.41. The number of nitrogens with zero attached hydrogens (tertiary/aromatic N) is 2. The highest BCUT2D eigenvalue weighted by Crippen LogP contribution is 2.34. The van der Waals surface area contributed by atoms with Crippen molar-refractivity contribution in [3.8, 4) is 12.3 Å². The second kappa shape index (κ2) is 5.77. The van der Waals surface area contributed by atoms with Crippen molar-refractivity contribution in [3.63, 3.8) is 0 Å². The molecular formula is C17H22N2O2. The van der Waals surface area contributed by atoms with Gasteiger partial charge in [0, 0.05) is 19.3 Å². The highest BCUT2D eigenvalue weighted by molar-refractivity contribution is 5.68. The van der Waals surface area contributed by atoms with Crippen LogP contribution in [-0.2, 0) is 10.2 Å². The molecule has 4 heteroatoms. The summed E-state index contributed by atoms with van der Waals surface area (Å²) in [6, 6.07) is 5.79. The molecule has 0 atom stereocenters. The van der Waals surface area contributed by atoms with Crippen molar-refractivity contribution >= 4 is 6.09 Å². The average Bonchev–Trinajstić information content (AvgIpc) is 2.46. The van der Waals surface area contributed by atoms with Crippen LogP contribution in [-0.4, -0.2) is 34.7 Å². The molecule has 0 unspecified atom stereocenters. The number of hydrogen-bond donors (Lipinski definition) is 0. The van der Waals surface area contributed by atoms with Crippen LogP contribution < -0.4 is 0 Å². The van der Waals surface area contributed by atoms with Crippen LogP contribution >= 0.6 is 0 Å². The van der Waals surface area contributed by atoms with E-state index in [-0.39, 0.29) is 11.5 Å². The maximum atomic E-state index is 12.1. The summed E-state index contributed by atoms with van der Waals surface area (Å²) in [4.78, 5) is 18.2.